The first kappa shape index (κ1) is 15.4. The van der Waals surface area contributed by atoms with E-state index in [2.05, 4.69) is 4.98 Å². The first-order valence-corrected chi connectivity index (χ1v) is 6.80. The Balaban J connectivity index is 2.01. The Labute approximate surface area is 122 Å². The van der Waals surface area contributed by atoms with Crippen molar-refractivity contribution in [1.29, 1.82) is 0 Å². The molecule has 1 heterocycles. The Bertz CT molecular complexity index is 588. The van der Waals surface area contributed by atoms with Crippen molar-refractivity contribution in [2.75, 3.05) is 6.61 Å². The molecule has 0 fully saturated rings. The lowest BCUT2D eigenvalue weighted by atomic mass is 10.1. The van der Waals surface area contributed by atoms with E-state index in [1.54, 1.807) is 19.3 Å². The Morgan fingerprint density at radius 3 is 2.52 bits per heavy atom. The summed E-state index contributed by atoms with van der Waals surface area (Å²) in [6, 6.07) is 2.38. The van der Waals surface area contributed by atoms with Crippen LogP contribution in [0.25, 0.3) is 0 Å². The lowest BCUT2D eigenvalue weighted by molar-refractivity contribution is 0.284. The molecule has 0 amide bonds. The van der Waals surface area contributed by atoms with E-state index in [-0.39, 0.29) is 18.4 Å². The first-order chi connectivity index (χ1) is 9.97. The number of imidazole rings is 1. The van der Waals surface area contributed by atoms with Crippen molar-refractivity contribution >= 4 is 0 Å². The average molecular weight is 295 g/mol. The molecule has 4 nitrogen and oxygen atoms in total. The summed E-state index contributed by atoms with van der Waals surface area (Å²) in [5.74, 6) is -0.960. The van der Waals surface area contributed by atoms with Gasteiger partial charge in [0.15, 0.2) is 17.4 Å². The van der Waals surface area contributed by atoms with E-state index >= 15 is 0 Å². The summed E-state index contributed by atoms with van der Waals surface area (Å²) >= 11 is 0. The molecular formula is C15H19F2N3O. The minimum Gasteiger partial charge on any atom is -0.487 e. The third-order valence-corrected chi connectivity index (χ3v) is 3.11. The van der Waals surface area contributed by atoms with E-state index in [1.807, 2.05) is 11.6 Å². The highest BCUT2D eigenvalue weighted by molar-refractivity contribution is 5.31. The Morgan fingerprint density at radius 1 is 1.33 bits per heavy atom. The van der Waals surface area contributed by atoms with Gasteiger partial charge in [0, 0.05) is 31.9 Å². The van der Waals surface area contributed by atoms with Gasteiger partial charge in [-0.25, -0.2) is 13.8 Å². The largest absolute Gasteiger partial charge is 0.487 e. The van der Waals surface area contributed by atoms with E-state index in [1.165, 1.54) is 12.1 Å². The highest BCUT2D eigenvalue weighted by Gasteiger charge is 2.13. The highest BCUT2D eigenvalue weighted by Crippen LogP contribution is 2.24. The van der Waals surface area contributed by atoms with Crippen molar-refractivity contribution in [3.63, 3.8) is 0 Å². The number of aryl methyl sites for hydroxylation is 1. The van der Waals surface area contributed by atoms with Gasteiger partial charge in [-0.05, 0) is 31.0 Å². The van der Waals surface area contributed by atoms with Gasteiger partial charge in [-0.3, -0.25) is 0 Å². The normalized spacial score (nSPS) is 12.4. The van der Waals surface area contributed by atoms with Crippen LogP contribution in [0.1, 0.15) is 18.3 Å². The fraction of sp³-hybridized carbons (Fsp3) is 0.400. The molecule has 2 N–H and O–H groups in total. The van der Waals surface area contributed by atoms with Crippen LogP contribution in [0, 0.1) is 11.6 Å². The topological polar surface area (TPSA) is 53.1 Å². The fourth-order valence-electron chi connectivity index (χ4n) is 2.12. The molecule has 0 aliphatic heterocycles. The predicted molar refractivity (Wildman–Crippen MR) is 76.1 cm³/mol. The number of nitrogens with zero attached hydrogens (tertiary/aromatic N) is 2. The summed E-state index contributed by atoms with van der Waals surface area (Å²) in [5.41, 5.74) is 6.15. The minimum atomic E-state index is -0.703. The summed E-state index contributed by atoms with van der Waals surface area (Å²) in [6.45, 7) is 1.94. The second-order valence-corrected chi connectivity index (χ2v) is 5.12. The van der Waals surface area contributed by atoms with Crippen LogP contribution in [-0.4, -0.2) is 22.2 Å². The van der Waals surface area contributed by atoms with Gasteiger partial charge in [-0.2, -0.15) is 0 Å². The molecule has 1 unspecified atom stereocenters. The monoisotopic (exact) mass is 295 g/mol. The van der Waals surface area contributed by atoms with Gasteiger partial charge < -0.3 is 15.0 Å². The van der Waals surface area contributed by atoms with Crippen LogP contribution in [0.3, 0.4) is 0 Å². The molecule has 0 aliphatic carbocycles. The molecule has 0 bridgehead atoms. The third kappa shape index (κ3) is 4.01. The maximum atomic E-state index is 13.9. The highest BCUT2D eigenvalue weighted by atomic mass is 19.1. The Kier molecular flexibility index (Phi) is 4.90. The second kappa shape index (κ2) is 6.67. The van der Waals surface area contributed by atoms with Gasteiger partial charge in [0.25, 0.3) is 0 Å². The molecule has 1 atom stereocenters. The average Bonchev–Trinajstić information content (AvgIpc) is 2.77. The van der Waals surface area contributed by atoms with Crippen LogP contribution >= 0.6 is 0 Å². The molecule has 114 valence electrons. The van der Waals surface area contributed by atoms with Gasteiger partial charge >= 0.3 is 0 Å². The van der Waals surface area contributed by atoms with Crippen LogP contribution in [0.5, 0.6) is 5.75 Å². The maximum absolute atomic E-state index is 13.9. The molecule has 0 saturated heterocycles. The molecule has 2 rings (SSSR count). The standard InChI is InChI=1S/C15H19F2N3O/c1-10(18)7-11-8-12(16)15(13(17)9-11)21-6-3-14-19-4-5-20(14)2/h4-5,8-10H,3,6-7,18H2,1-2H3. The molecular weight excluding hydrogens is 276 g/mol. The van der Waals surface area contributed by atoms with Gasteiger partial charge in [-0.15, -0.1) is 0 Å². The van der Waals surface area contributed by atoms with Gasteiger partial charge in [0.1, 0.15) is 5.82 Å². The summed E-state index contributed by atoms with van der Waals surface area (Å²) in [5, 5.41) is 0. The third-order valence-electron chi connectivity index (χ3n) is 3.11. The summed E-state index contributed by atoms with van der Waals surface area (Å²) in [4.78, 5) is 4.12. The van der Waals surface area contributed by atoms with Crippen LogP contribution in [-0.2, 0) is 19.9 Å². The molecule has 2 aromatic rings. The van der Waals surface area contributed by atoms with Crippen LogP contribution < -0.4 is 10.5 Å². The molecule has 1 aromatic heterocycles. The van der Waals surface area contributed by atoms with E-state index < -0.39 is 11.6 Å². The van der Waals surface area contributed by atoms with Crippen LogP contribution in [0.15, 0.2) is 24.5 Å². The lowest BCUT2D eigenvalue weighted by Crippen LogP contribution is -2.18. The minimum absolute atomic E-state index is 0.154. The maximum Gasteiger partial charge on any atom is 0.190 e. The second-order valence-electron chi connectivity index (χ2n) is 5.12. The smallest absolute Gasteiger partial charge is 0.190 e. The summed E-state index contributed by atoms with van der Waals surface area (Å²) in [7, 11) is 1.85. The molecule has 1 aromatic carbocycles. The molecule has 6 heteroatoms. The molecule has 0 aliphatic rings. The van der Waals surface area contributed by atoms with E-state index in [0.29, 0.717) is 18.4 Å². The van der Waals surface area contributed by atoms with Gasteiger partial charge in [-0.1, -0.05) is 0 Å². The van der Waals surface area contributed by atoms with Crippen LogP contribution in [0.2, 0.25) is 0 Å². The predicted octanol–water partition coefficient (Wildman–Crippen LogP) is 2.21. The zero-order valence-electron chi connectivity index (χ0n) is 12.1. The number of aromatic nitrogens is 2. The number of hydrogen-bond acceptors (Lipinski definition) is 3. The number of hydrogen-bond donors (Lipinski definition) is 1. The quantitative estimate of drug-likeness (QED) is 0.889. The zero-order valence-corrected chi connectivity index (χ0v) is 12.1. The Hall–Kier alpha value is -1.95. The van der Waals surface area contributed by atoms with Crippen molar-refractivity contribution in [3.8, 4) is 5.75 Å². The fourth-order valence-corrected chi connectivity index (χ4v) is 2.12. The van der Waals surface area contributed by atoms with Gasteiger partial charge in [0.2, 0.25) is 0 Å². The Morgan fingerprint density at radius 2 is 2.00 bits per heavy atom. The van der Waals surface area contributed by atoms with Crippen molar-refractivity contribution < 1.29 is 13.5 Å². The molecule has 0 saturated carbocycles. The van der Waals surface area contributed by atoms with E-state index in [0.717, 1.165) is 5.82 Å². The molecule has 0 radical (unpaired) electrons. The number of ether oxygens (including phenoxy) is 1. The molecule has 0 spiro atoms. The van der Waals surface area contributed by atoms with Crippen molar-refractivity contribution in [3.05, 3.63) is 47.5 Å². The van der Waals surface area contributed by atoms with E-state index in [4.69, 9.17) is 10.5 Å². The first-order valence-electron chi connectivity index (χ1n) is 6.80. The zero-order chi connectivity index (χ0) is 15.4. The van der Waals surface area contributed by atoms with Gasteiger partial charge in [0.05, 0.1) is 6.61 Å². The SMILES string of the molecule is CC(N)Cc1cc(F)c(OCCc2nccn2C)c(F)c1. The number of nitrogens with two attached hydrogens (primary N) is 1. The molecule has 21 heavy (non-hydrogen) atoms. The lowest BCUT2D eigenvalue weighted by Gasteiger charge is -2.11. The summed E-state index contributed by atoms with van der Waals surface area (Å²) < 4.78 is 34.8. The van der Waals surface area contributed by atoms with Crippen molar-refractivity contribution in [2.45, 2.75) is 25.8 Å². The number of rotatable bonds is 6. The number of halogens is 2. The summed E-state index contributed by atoms with van der Waals surface area (Å²) in [6.07, 6.45) is 4.36. The van der Waals surface area contributed by atoms with E-state index in [9.17, 15) is 8.78 Å². The van der Waals surface area contributed by atoms with Crippen molar-refractivity contribution in [2.24, 2.45) is 12.8 Å². The number of benzene rings is 1. The van der Waals surface area contributed by atoms with Crippen molar-refractivity contribution in [1.82, 2.24) is 9.55 Å². The van der Waals surface area contributed by atoms with Crippen LogP contribution in [0.4, 0.5) is 8.78 Å².